The first-order valence-electron chi connectivity index (χ1n) is 9.82. The average Bonchev–Trinajstić information content (AvgIpc) is 3.28. The number of nitrogens with one attached hydrogen (secondary N) is 1. The zero-order valence-electron chi connectivity index (χ0n) is 16.4. The van der Waals surface area contributed by atoms with E-state index in [9.17, 15) is 13.2 Å². The maximum absolute atomic E-state index is 13.0. The summed E-state index contributed by atoms with van der Waals surface area (Å²) in [5.41, 5.74) is 2.03. The second kappa shape index (κ2) is 7.97. The van der Waals surface area contributed by atoms with E-state index in [1.54, 1.807) is 19.1 Å². The fourth-order valence-corrected chi connectivity index (χ4v) is 5.58. The Morgan fingerprint density at radius 2 is 1.72 bits per heavy atom. The highest BCUT2D eigenvalue weighted by Crippen LogP contribution is 2.25. The van der Waals surface area contributed by atoms with Gasteiger partial charge in [-0.25, -0.2) is 8.42 Å². The normalized spacial score (nSPS) is 14.9. The SMILES string of the molecule is Cc1ccc(C(=O)NCc2cccc3ccccc23)cc1S(=O)(=O)N1CCCC1. The molecule has 0 radical (unpaired) electrons. The van der Waals surface area contributed by atoms with Gasteiger partial charge in [0.25, 0.3) is 5.91 Å². The molecule has 4 rings (SSSR count). The number of benzene rings is 3. The van der Waals surface area contributed by atoms with Crippen molar-refractivity contribution in [3.8, 4) is 0 Å². The Bertz CT molecular complexity index is 1160. The van der Waals surface area contributed by atoms with Crippen molar-refractivity contribution >= 4 is 26.7 Å². The molecule has 0 bridgehead atoms. The quantitative estimate of drug-likeness (QED) is 0.697. The molecule has 1 saturated heterocycles. The maximum Gasteiger partial charge on any atom is 0.251 e. The van der Waals surface area contributed by atoms with Crippen LogP contribution in [-0.4, -0.2) is 31.7 Å². The first-order chi connectivity index (χ1) is 14.0. The van der Waals surface area contributed by atoms with Crippen molar-refractivity contribution in [2.24, 2.45) is 0 Å². The van der Waals surface area contributed by atoms with Gasteiger partial charge < -0.3 is 5.32 Å². The monoisotopic (exact) mass is 408 g/mol. The average molecular weight is 409 g/mol. The highest BCUT2D eigenvalue weighted by molar-refractivity contribution is 7.89. The second-order valence-electron chi connectivity index (χ2n) is 7.41. The molecule has 0 saturated carbocycles. The van der Waals surface area contributed by atoms with Crippen molar-refractivity contribution < 1.29 is 13.2 Å². The molecule has 1 aliphatic heterocycles. The highest BCUT2D eigenvalue weighted by atomic mass is 32.2. The number of sulfonamides is 1. The predicted molar refractivity (Wildman–Crippen MR) is 114 cm³/mol. The molecular formula is C23H24N2O3S. The Morgan fingerprint density at radius 1 is 1.00 bits per heavy atom. The number of fused-ring (bicyclic) bond motifs is 1. The molecule has 0 aromatic heterocycles. The summed E-state index contributed by atoms with van der Waals surface area (Å²) in [6.07, 6.45) is 1.76. The largest absolute Gasteiger partial charge is 0.348 e. The molecule has 5 nitrogen and oxygen atoms in total. The first-order valence-corrected chi connectivity index (χ1v) is 11.3. The van der Waals surface area contributed by atoms with E-state index < -0.39 is 10.0 Å². The number of nitrogens with zero attached hydrogens (tertiary/aromatic N) is 1. The smallest absolute Gasteiger partial charge is 0.251 e. The number of carbonyl (C=O) groups excluding carboxylic acids is 1. The second-order valence-corrected chi connectivity index (χ2v) is 9.32. The summed E-state index contributed by atoms with van der Waals surface area (Å²) in [5.74, 6) is -0.282. The van der Waals surface area contributed by atoms with Gasteiger partial charge in [-0.2, -0.15) is 4.31 Å². The third kappa shape index (κ3) is 3.91. The minimum absolute atomic E-state index is 0.220. The molecule has 0 unspecified atom stereocenters. The summed E-state index contributed by atoms with van der Waals surface area (Å²) in [6, 6.07) is 18.9. The van der Waals surface area contributed by atoms with E-state index in [0.717, 1.165) is 29.2 Å². The first kappa shape index (κ1) is 19.6. The van der Waals surface area contributed by atoms with Crippen LogP contribution in [0.3, 0.4) is 0 Å². The minimum atomic E-state index is -3.57. The maximum atomic E-state index is 13.0. The van der Waals surface area contributed by atoms with Crippen molar-refractivity contribution in [1.82, 2.24) is 9.62 Å². The molecule has 1 N–H and O–H groups in total. The van der Waals surface area contributed by atoms with Crippen LogP contribution < -0.4 is 5.32 Å². The van der Waals surface area contributed by atoms with Gasteiger partial charge in [0.1, 0.15) is 0 Å². The van der Waals surface area contributed by atoms with Crippen molar-refractivity contribution in [3.63, 3.8) is 0 Å². The number of carbonyl (C=O) groups is 1. The Hall–Kier alpha value is -2.70. The van der Waals surface area contributed by atoms with Crippen LogP contribution in [-0.2, 0) is 16.6 Å². The van der Waals surface area contributed by atoms with E-state index in [1.165, 1.54) is 10.4 Å². The fraction of sp³-hybridized carbons (Fsp3) is 0.261. The number of hydrogen-bond acceptors (Lipinski definition) is 3. The molecule has 1 heterocycles. The number of rotatable bonds is 5. The third-order valence-electron chi connectivity index (χ3n) is 5.45. The summed E-state index contributed by atoms with van der Waals surface area (Å²) < 4.78 is 27.4. The van der Waals surface area contributed by atoms with E-state index in [2.05, 4.69) is 5.32 Å². The van der Waals surface area contributed by atoms with Crippen LogP contribution >= 0.6 is 0 Å². The van der Waals surface area contributed by atoms with Crippen molar-refractivity contribution in [3.05, 3.63) is 77.4 Å². The van der Waals surface area contributed by atoms with Gasteiger partial charge >= 0.3 is 0 Å². The van der Waals surface area contributed by atoms with Crippen LogP contribution in [0.5, 0.6) is 0 Å². The molecular weight excluding hydrogens is 384 g/mol. The minimum Gasteiger partial charge on any atom is -0.348 e. The molecule has 0 atom stereocenters. The van der Waals surface area contributed by atoms with E-state index in [-0.39, 0.29) is 10.8 Å². The summed E-state index contributed by atoms with van der Waals surface area (Å²) in [7, 11) is -3.57. The van der Waals surface area contributed by atoms with Gasteiger partial charge in [0.15, 0.2) is 0 Å². The van der Waals surface area contributed by atoms with E-state index in [0.29, 0.717) is 30.8 Å². The van der Waals surface area contributed by atoms with Gasteiger partial charge in [-0.05, 0) is 53.8 Å². The van der Waals surface area contributed by atoms with Gasteiger partial charge in [0.05, 0.1) is 4.90 Å². The Kier molecular flexibility index (Phi) is 5.39. The van der Waals surface area contributed by atoms with Crippen LogP contribution in [0.1, 0.15) is 34.3 Å². The lowest BCUT2D eigenvalue weighted by Crippen LogP contribution is -2.29. The van der Waals surface area contributed by atoms with Gasteiger partial charge in [-0.1, -0.05) is 48.5 Å². The van der Waals surface area contributed by atoms with Crippen molar-refractivity contribution in [1.29, 1.82) is 0 Å². The van der Waals surface area contributed by atoms with E-state index >= 15 is 0 Å². The number of amides is 1. The summed E-state index contributed by atoms with van der Waals surface area (Å²) in [6.45, 7) is 3.22. The molecule has 29 heavy (non-hydrogen) atoms. The molecule has 150 valence electrons. The molecule has 3 aromatic carbocycles. The highest BCUT2D eigenvalue weighted by Gasteiger charge is 2.29. The van der Waals surface area contributed by atoms with Crippen LogP contribution in [0.25, 0.3) is 10.8 Å². The molecule has 1 aliphatic rings. The topological polar surface area (TPSA) is 66.5 Å². The lowest BCUT2D eigenvalue weighted by Gasteiger charge is -2.18. The standard InChI is InChI=1S/C23H24N2O3S/c1-17-11-12-19(15-22(17)29(27,28)25-13-4-5-14-25)23(26)24-16-20-9-6-8-18-7-2-3-10-21(18)20/h2-3,6-12,15H,4-5,13-14,16H2,1H3,(H,24,26). The molecule has 1 fully saturated rings. The zero-order valence-corrected chi connectivity index (χ0v) is 17.2. The van der Waals surface area contributed by atoms with Gasteiger partial charge in [0, 0.05) is 25.2 Å². The summed E-state index contributed by atoms with van der Waals surface area (Å²) in [4.78, 5) is 13.0. The third-order valence-corrected chi connectivity index (χ3v) is 7.49. The Labute approximate surface area is 171 Å². The van der Waals surface area contributed by atoms with Crippen LogP contribution in [0, 0.1) is 6.92 Å². The lowest BCUT2D eigenvalue weighted by atomic mass is 10.0. The molecule has 0 spiro atoms. The van der Waals surface area contributed by atoms with Crippen molar-refractivity contribution in [2.45, 2.75) is 31.2 Å². The van der Waals surface area contributed by atoms with E-state index in [4.69, 9.17) is 0 Å². The predicted octanol–water partition coefficient (Wildman–Crippen LogP) is 3.86. The van der Waals surface area contributed by atoms with Gasteiger partial charge in [-0.3, -0.25) is 4.79 Å². The lowest BCUT2D eigenvalue weighted by molar-refractivity contribution is 0.0951. The molecule has 6 heteroatoms. The van der Waals surface area contributed by atoms with E-state index in [1.807, 2.05) is 42.5 Å². The fourth-order valence-electron chi connectivity index (χ4n) is 3.81. The molecule has 3 aromatic rings. The summed E-state index contributed by atoms with van der Waals surface area (Å²) in [5, 5.41) is 5.14. The Morgan fingerprint density at radius 3 is 2.52 bits per heavy atom. The summed E-state index contributed by atoms with van der Waals surface area (Å²) >= 11 is 0. The van der Waals surface area contributed by atoms with Crippen molar-refractivity contribution in [2.75, 3.05) is 13.1 Å². The zero-order chi connectivity index (χ0) is 20.4. The van der Waals surface area contributed by atoms with Crippen LogP contribution in [0.4, 0.5) is 0 Å². The van der Waals surface area contributed by atoms with Crippen LogP contribution in [0.2, 0.25) is 0 Å². The molecule has 0 aliphatic carbocycles. The van der Waals surface area contributed by atoms with Gasteiger partial charge in [-0.15, -0.1) is 0 Å². The number of aryl methyl sites for hydroxylation is 1. The Balaban J connectivity index is 1.56. The molecule has 1 amide bonds. The van der Waals surface area contributed by atoms with Gasteiger partial charge in [0.2, 0.25) is 10.0 Å². The number of hydrogen-bond donors (Lipinski definition) is 1. The van der Waals surface area contributed by atoms with Crippen LogP contribution in [0.15, 0.2) is 65.6 Å².